The molecule has 0 aliphatic heterocycles. The van der Waals surface area contributed by atoms with Gasteiger partial charge in [-0.3, -0.25) is 0 Å². The molecule has 4 nitrogen and oxygen atoms in total. The summed E-state index contributed by atoms with van der Waals surface area (Å²) in [7, 11) is -0.330. The molecule has 0 fully saturated rings. The van der Waals surface area contributed by atoms with E-state index in [1.54, 1.807) is 13.0 Å². The molecule has 5 heteroatoms. The van der Waals surface area contributed by atoms with Crippen LogP contribution in [0.3, 0.4) is 0 Å². The quantitative estimate of drug-likeness (QED) is 0.860. The Hall–Kier alpha value is -0.910. The molecule has 0 saturated heterocycles. The van der Waals surface area contributed by atoms with E-state index < -0.39 is 10.0 Å². The average Bonchev–Trinajstić information content (AvgIpc) is 2.17. The highest BCUT2D eigenvalue weighted by molar-refractivity contribution is 7.89. The van der Waals surface area contributed by atoms with Crippen LogP contribution in [0.2, 0.25) is 0 Å². The van der Waals surface area contributed by atoms with E-state index in [4.69, 9.17) is 5.73 Å². The second-order valence-electron chi connectivity index (χ2n) is 4.04. The fraction of sp³-hybridized carbons (Fsp3) is 0.455. The number of nitrogens with two attached hydrogens (primary N) is 1. The summed E-state index contributed by atoms with van der Waals surface area (Å²) >= 11 is 0. The predicted octanol–water partition coefficient (Wildman–Crippen LogP) is 1.01. The van der Waals surface area contributed by atoms with E-state index in [1.807, 2.05) is 13.0 Å². The van der Waals surface area contributed by atoms with Crippen molar-refractivity contribution in [3.63, 3.8) is 0 Å². The van der Waals surface area contributed by atoms with Crippen molar-refractivity contribution in [2.75, 3.05) is 14.1 Å². The Kier molecular flexibility index (Phi) is 3.72. The summed E-state index contributed by atoms with van der Waals surface area (Å²) in [5.41, 5.74) is 8.23. The van der Waals surface area contributed by atoms with Crippen molar-refractivity contribution in [3.8, 4) is 0 Å². The fourth-order valence-electron chi connectivity index (χ4n) is 1.57. The summed E-state index contributed by atoms with van der Waals surface area (Å²) in [5.74, 6) is 0. The minimum absolute atomic E-state index is 0.337. The molecule has 2 N–H and O–H groups in total. The van der Waals surface area contributed by atoms with E-state index >= 15 is 0 Å². The third-order valence-corrected chi connectivity index (χ3v) is 4.57. The van der Waals surface area contributed by atoms with Gasteiger partial charge in [-0.05, 0) is 36.6 Å². The molecule has 0 heterocycles. The van der Waals surface area contributed by atoms with Crippen LogP contribution in [-0.4, -0.2) is 26.8 Å². The van der Waals surface area contributed by atoms with Gasteiger partial charge in [0.25, 0.3) is 0 Å². The van der Waals surface area contributed by atoms with Crippen molar-refractivity contribution in [2.24, 2.45) is 5.73 Å². The van der Waals surface area contributed by atoms with Gasteiger partial charge < -0.3 is 5.73 Å². The first kappa shape index (κ1) is 13.2. The highest BCUT2D eigenvalue weighted by atomic mass is 32.2. The molecule has 16 heavy (non-hydrogen) atoms. The molecule has 1 aromatic rings. The maximum absolute atomic E-state index is 12.0. The molecule has 0 aromatic heterocycles. The van der Waals surface area contributed by atoms with Gasteiger partial charge in [-0.25, -0.2) is 12.7 Å². The smallest absolute Gasteiger partial charge is 0.242 e. The van der Waals surface area contributed by atoms with Gasteiger partial charge in [-0.15, -0.1) is 0 Å². The van der Waals surface area contributed by atoms with Crippen LogP contribution >= 0.6 is 0 Å². The predicted molar refractivity (Wildman–Crippen MR) is 64.7 cm³/mol. The van der Waals surface area contributed by atoms with Gasteiger partial charge in [0, 0.05) is 20.6 Å². The Balaban J connectivity index is 3.47. The van der Waals surface area contributed by atoms with Crippen molar-refractivity contribution in [3.05, 3.63) is 28.8 Å². The first-order chi connectivity index (χ1) is 7.30. The van der Waals surface area contributed by atoms with E-state index in [-0.39, 0.29) is 0 Å². The molecule has 0 bridgehead atoms. The molecular formula is C11H18N2O2S. The minimum atomic E-state index is -3.38. The van der Waals surface area contributed by atoms with Gasteiger partial charge in [-0.1, -0.05) is 6.07 Å². The summed E-state index contributed by atoms with van der Waals surface area (Å²) in [5, 5.41) is 0. The second kappa shape index (κ2) is 4.53. The Morgan fingerprint density at radius 1 is 1.19 bits per heavy atom. The summed E-state index contributed by atoms with van der Waals surface area (Å²) in [6.45, 7) is 4.08. The largest absolute Gasteiger partial charge is 0.326 e. The van der Waals surface area contributed by atoms with Crippen LogP contribution in [0.15, 0.2) is 17.0 Å². The maximum atomic E-state index is 12.0. The molecule has 0 aliphatic carbocycles. The van der Waals surface area contributed by atoms with Gasteiger partial charge in [0.2, 0.25) is 10.0 Å². The van der Waals surface area contributed by atoms with Crippen LogP contribution in [0, 0.1) is 13.8 Å². The van der Waals surface area contributed by atoms with Crippen molar-refractivity contribution in [1.82, 2.24) is 4.31 Å². The van der Waals surface area contributed by atoms with E-state index in [2.05, 4.69) is 0 Å². The van der Waals surface area contributed by atoms with E-state index in [1.165, 1.54) is 18.4 Å². The molecule has 0 saturated carbocycles. The lowest BCUT2D eigenvalue weighted by Crippen LogP contribution is -2.23. The number of hydrogen-bond acceptors (Lipinski definition) is 3. The molecule has 0 amide bonds. The zero-order valence-corrected chi connectivity index (χ0v) is 10.9. The van der Waals surface area contributed by atoms with Crippen LogP contribution in [0.5, 0.6) is 0 Å². The Bertz CT molecular complexity index is 493. The maximum Gasteiger partial charge on any atom is 0.242 e. The molecule has 0 radical (unpaired) electrons. The molecule has 0 spiro atoms. The number of benzene rings is 1. The monoisotopic (exact) mass is 242 g/mol. The van der Waals surface area contributed by atoms with Crippen molar-refractivity contribution >= 4 is 10.0 Å². The van der Waals surface area contributed by atoms with E-state index in [0.717, 1.165) is 16.7 Å². The first-order valence-corrected chi connectivity index (χ1v) is 6.47. The minimum Gasteiger partial charge on any atom is -0.326 e. The Morgan fingerprint density at radius 2 is 1.75 bits per heavy atom. The van der Waals surface area contributed by atoms with Crippen LogP contribution < -0.4 is 5.73 Å². The summed E-state index contributed by atoms with van der Waals surface area (Å²) in [4.78, 5) is 0.337. The molecule has 1 aromatic carbocycles. The highest BCUT2D eigenvalue weighted by Gasteiger charge is 2.20. The lowest BCUT2D eigenvalue weighted by molar-refractivity contribution is 0.520. The number of nitrogens with zero attached hydrogens (tertiary/aromatic N) is 1. The molecule has 0 unspecified atom stereocenters. The third kappa shape index (κ3) is 2.26. The van der Waals surface area contributed by atoms with Crippen molar-refractivity contribution in [1.29, 1.82) is 0 Å². The molecule has 1 rings (SSSR count). The van der Waals surface area contributed by atoms with Crippen LogP contribution in [0.25, 0.3) is 0 Å². The second-order valence-corrected chi connectivity index (χ2v) is 6.16. The zero-order valence-electron chi connectivity index (χ0n) is 10.1. The van der Waals surface area contributed by atoms with Gasteiger partial charge >= 0.3 is 0 Å². The van der Waals surface area contributed by atoms with Crippen molar-refractivity contribution < 1.29 is 8.42 Å². The standard InChI is InChI=1S/C11H18N2O2S/c1-8-5-9(2)11(6-10(8)7-12)16(14,15)13(3)4/h5-6H,7,12H2,1-4H3. The number of rotatable bonds is 3. The summed E-state index contributed by atoms with van der Waals surface area (Å²) in [6, 6.07) is 3.53. The third-order valence-electron chi connectivity index (χ3n) is 2.61. The molecular weight excluding hydrogens is 224 g/mol. The van der Waals surface area contributed by atoms with Crippen LogP contribution in [0.1, 0.15) is 16.7 Å². The SMILES string of the molecule is Cc1cc(C)c(S(=O)(=O)N(C)C)cc1CN. The molecule has 0 atom stereocenters. The van der Waals surface area contributed by atoms with Gasteiger partial charge in [0.15, 0.2) is 0 Å². The van der Waals surface area contributed by atoms with Gasteiger partial charge in [0.05, 0.1) is 4.90 Å². The Labute approximate surface area is 97.1 Å². The molecule has 0 aliphatic rings. The lowest BCUT2D eigenvalue weighted by atomic mass is 10.1. The highest BCUT2D eigenvalue weighted by Crippen LogP contribution is 2.22. The number of sulfonamides is 1. The number of aryl methyl sites for hydroxylation is 2. The summed E-state index contributed by atoms with van der Waals surface area (Å²) < 4.78 is 25.2. The van der Waals surface area contributed by atoms with Gasteiger partial charge in [-0.2, -0.15) is 0 Å². The van der Waals surface area contributed by atoms with Gasteiger partial charge in [0.1, 0.15) is 0 Å². The first-order valence-electron chi connectivity index (χ1n) is 5.03. The fourth-order valence-corrected chi connectivity index (χ4v) is 2.72. The van der Waals surface area contributed by atoms with Crippen LogP contribution in [-0.2, 0) is 16.6 Å². The topological polar surface area (TPSA) is 63.4 Å². The normalized spacial score (nSPS) is 12.1. The van der Waals surface area contributed by atoms with Crippen molar-refractivity contribution in [2.45, 2.75) is 25.3 Å². The Morgan fingerprint density at radius 3 is 2.19 bits per heavy atom. The number of hydrogen-bond donors (Lipinski definition) is 1. The molecule has 90 valence electrons. The van der Waals surface area contributed by atoms with E-state index in [9.17, 15) is 8.42 Å². The van der Waals surface area contributed by atoms with E-state index in [0.29, 0.717) is 11.4 Å². The van der Waals surface area contributed by atoms with Crippen LogP contribution in [0.4, 0.5) is 0 Å². The zero-order chi connectivity index (χ0) is 12.5. The lowest BCUT2D eigenvalue weighted by Gasteiger charge is -2.15. The average molecular weight is 242 g/mol. The summed E-state index contributed by atoms with van der Waals surface area (Å²) in [6.07, 6.45) is 0.